The molecule has 0 unspecified atom stereocenters. The molecule has 3 heterocycles. The number of hydrogen-bond acceptors (Lipinski definition) is 7. The SMILES string of the molecule is CC(=O)N(C)N(Cc1ccc(-c2csc(C(F)(F)F)n2)cc1F)C(=O)c1ccc2nc(N)c3cnn(C)c3c2c1. The number of fused-ring (bicyclic) bond motifs is 3. The van der Waals surface area contributed by atoms with Gasteiger partial charge >= 0.3 is 6.18 Å². The first-order valence-corrected chi connectivity index (χ1v) is 12.6. The number of alkyl halides is 3. The van der Waals surface area contributed by atoms with Crippen LogP contribution in [-0.2, 0) is 24.6 Å². The van der Waals surface area contributed by atoms with Crippen LogP contribution < -0.4 is 5.73 Å². The highest BCUT2D eigenvalue weighted by atomic mass is 32.1. The molecule has 0 radical (unpaired) electrons. The molecule has 40 heavy (non-hydrogen) atoms. The van der Waals surface area contributed by atoms with Crippen molar-refractivity contribution in [1.82, 2.24) is 29.8 Å². The van der Waals surface area contributed by atoms with Gasteiger partial charge in [-0.15, -0.1) is 11.3 Å². The van der Waals surface area contributed by atoms with E-state index in [0.717, 1.165) is 16.1 Å². The van der Waals surface area contributed by atoms with E-state index in [9.17, 15) is 22.8 Å². The van der Waals surface area contributed by atoms with E-state index in [2.05, 4.69) is 15.1 Å². The van der Waals surface area contributed by atoms with Crippen LogP contribution in [0.15, 0.2) is 48.0 Å². The summed E-state index contributed by atoms with van der Waals surface area (Å²) >= 11 is 0.412. The third-order valence-corrected chi connectivity index (χ3v) is 7.31. The van der Waals surface area contributed by atoms with Gasteiger partial charge in [0.25, 0.3) is 5.91 Å². The van der Waals surface area contributed by atoms with E-state index >= 15 is 4.39 Å². The van der Waals surface area contributed by atoms with Crippen LogP contribution in [-0.4, -0.2) is 48.6 Å². The van der Waals surface area contributed by atoms with Gasteiger partial charge in [0.05, 0.1) is 34.9 Å². The zero-order chi connectivity index (χ0) is 28.9. The van der Waals surface area contributed by atoms with E-state index in [1.165, 1.54) is 37.6 Å². The molecule has 5 aromatic rings. The summed E-state index contributed by atoms with van der Waals surface area (Å²) in [7, 11) is 3.11. The van der Waals surface area contributed by atoms with Gasteiger partial charge in [-0.05, 0) is 24.3 Å². The lowest BCUT2D eigenvalue weighted by atomic mass is 10.1. The lowest BCUT2D eigenvalue weighted by Crippen LogP contribution is -2.46. The second-order valence-corrected chi connectivity index (χ2v) is 9.86. The predicted octanol–water partition coefficient (Wildman–Crippen LogP) is 5.02. The van der Waals surface area contributed by atoms with Gasteiger partial charge < -0.3 is 5.73 Å². The Morgan fingerprint density at radius 3 is 2.50 bits per heavy atom. The van der Waals surface area contributed by atoms with Crippen molar-refractivity contribution < 1.29 is 27.2 Å². The average Bonchev–Trinajstić information content (AvgIpc) is 3.55. The highest BCUT2D eigenvalue weighted by Crippen LogP contribution is 2.35. The second-order valence-electron chi connectivity index (χ2n) is 9.01. The zero-order valence-electron chi connectivity index (χ0n) is 21.3. The fraction of sp³-hybridized carbons (Fsp3) is 0.192. The molecule has 0 spiro atoms. The van der Waals surface area contributed by atoms with Crippen molar-refractivity contribution in [3.63, 3.8) is 0 Å². The molecule has 0 aliphatic carbocycles. The Morgan fingerprint density at radius 2 is 1.85 bits per heavy atom. The van der Waals surface area contributed by atoms with Crippen molar-refractivity contribution in [2.24, 2.45) is 7.05 Å². The first-order valence-electron chi connectivity index (χ1n) is 11.7. The fourth-order valence-electron chi connectivity index (χ4n) is 4.26. The first-order chi connectivity index (χ1) is 18.8. The number of amides is 2. The number of aromatic nitrogens is 4. The number of thiazole rings is 1. The molecule has 3 aromatic heterocycles. The van der Waals surface area contributed by atoms with E-state index in [0.29, 0.717) is 39.0 Å². The van der Waals surface area contributed by atoms with Crippen LogP contribution in [0.1, 0.15) is 27.9 Å². The molecule has 2 N–H and O–H groups in total. The second kappa shape index (κ2) is 9.86. The first kappa shape index (κ1) is 27.0. The molecular weight excluding hydrogens is 550 g/mol. The lowest BCUT2D eigenvalue weighted by Gasteiger charge is -2.31. The van der Waals surface area contributed by atoms with Gasteiger partial charge in [-0.2, -0.15) is 18.3 Å². The topological polar surface area (TPSA) is 110 Å². The number of anilines is 1. The quantitative estimate of drug-likeness (QED) is 0.240. The Hall–Kier alpha value is -4.59. The van der Waals surface area contributed by atoms with E-state index in [1.807, 2.05) is 0 Å². The van der Waals surface area contributed by atoms with E-state index in [-0.39, 0.29) is 28.9 Å². The maximum Gasteiger partial charge on any atom is 0.443 e. The summed E-state index contributed by atoms with van der Waals surface area (Å²) in [6, 6.07) is 8.56. The maximum atomic E-state index is 15.2. The molecule has 2 amide bonds. The lowest BCUT2D eigenvalue weighted by molar-refractivity contribution is -0.140. The molecule has 0 fully saturated rings. The van der Waals surface area contributed by atoms with Crippen molar-refractivity contribution in [2.75, 3.05) is 12.8 Å². The number of nitrogen functional groups attached to an aromatic ring is 1. The maximum absolute atomic E-state index is 15.2. The predicted molar refractivity (Wildman–Crippen MR) is 141 cm³/mol. The molecule has 0 aliphatic rings. The Balaban J connectivity index is 1.50. The smallest absolute Gasteiger partial charge is 0.383 e. The molecule has 0 saturated heterocycles. The van der Waals surface area contributed by atoms with Crippen molar-refractivity contribution in [3.05, 3.63) is 69.9 Å². The van der Waals surface area contributed by atoms with Crippen molar-refractivity contribution in [2.45, 2.75) is 19.6 Å². The normalized spacial score (nSPS) is 11.8. The van der Waals surface area contributed by atoms with E-state index in [4.69, 9.17) is 5.73 Å². The summed E-state index contributed by atoms with van der Waals surface area (Å²) in [5.74, 6) is -1.55. The number of nitrogens with two attached hydrogens (primary N) is 1. The monoisotopic (exact) mass is 571 g/mol. The summed E-state index contributed by atoms with van der Waals surface area (Å²) in [4.78, 5) is 33.9. The Bertz CT molecular complexity index is 1800. The number of benzene rings is 2. The number of carbonyl (C=O) groups excluding carboxylic acids is 2. The molecule has 0 aliphatic heterocycles. The van der Waals surface area contributed by atoms with Crippen LogP contribution in [0.2, 0.25) is 0 Å². The minimum atomic E-state index is -4.60. The number of pyridine rings is 1. The summed E-state index contributed by atoms with van der Waals surface area (Å²) in [5.41, 5.74) is 7.62. The van der Waals surface area contributed by atoms with Crippen LogP contribution in [0.5, 0.6) is 0 Å². The van der Waals surface area contributed by atoms with Crippen LogP contribution in [0.3, 0.4) is 0 Å². The highest BCUT2D eigenvalue weighted by Gasteiger charge is 2.34. The molecule has 14 heteroatoms. The van der Waals surface area contributed by atoms with E-state index < -0.39 is 28.8 Å². The molecule has 0 atom stereocenters. The van der Waals surface area contributed by atoms with Crippen molar-refractivity contribution in [3.8, 4) is 11.3 Å². The number of aryl methyl sites for hydroxylation is 1. The van der Waals surface area contributed by atoms with Gasteiger partial charge in [-0.3, -0.25) is 19.3 Å². The Morgan fingerprint density at radius 1 is 1.10 bits per heavy atom. The summed E-state index contributed by atoms with van der Waals surface area (Å²) < 4.78 is 55.6. The molecular formula is C26H21F4N7O2S. The molecule has 9 nitrogen and oxygen atoms in total. The van der Waals surface area contributed by atoms with Gasteiger partial charge in [0.2, 0.25) is 5.91 Å². The zero-order valence-corrected chi connectivity index (χ0v) is 22.1. The van der Waals surface area contributed by atoms with Gasteiger partial charge in [-0.25, -0.2) is 19.4 Å². The molecule has 5 rings (SSSR count). The standard InChI is InChI=1S/C26H21F4N7O2S/c1-13(38)36(3)37(11-16-5-4-14(9-19(16)27)21-12-40-25(34-21)26(28,29)30)24(39)15-6-7-20-17(8-15)22-18(23(31)33-20)10-32-35(22)2/h4-10,12H,11H2,1-3H3,(H2,31,33). The molecule has 206 valence electrons. The molecule has 2 aromatic carbocycles. The number of carbonyl (C=O) groups is 2. The van der Waals surface area contributed by atoms with Crippen molar-refractivity contribution >= 4 is 50.8 Å². The van der Waals surface area contributed by atoms with Gasteiger partial charge in [-0.1, -0.05) is 12.1 Å². The summed E-state index contributed by atoms with van der Waals surface area (Å²) in [6.07, 6.45) is -3.03. The molecule has 0 saturated carbocycles. The third-order valence-electron chi connectivity index (χ3n) is 6.42. The van der Waals surface area contributed by atoms with Gasteiger partial charge in [0.1, 0.15) is 11.6 Å². The largest absolute Gasteiger partial charge is 0.443 e. The summed E-state index contributed by atoms with van der Waals surface area (Å²) in [5, 5.41) is 7.75. The fourth-order valence-corrected chi connectivity index (χ4v) is 4.95. The van der Waals surface area contributed by atoms with Gasteiger partial charge in [0, 0.05) is 48.5 Å². The summed E-state index contributed by atoms with van der Waals surface area (Å²) in [6.45, 7) is 0.928. The van der Waals surface area contributed by atoms with Crippen molar-refractivity contribution in [1.29, 1.82) is 0 Å². The Kier molecular flexibility index (Phi) is 6.66. The average molecular weight is 572 g/mol. The molecule has 0 bridgehead atoms. The number of nitrogens with zero attached hydrogens (tertiary/aromatic N) is 6. The van der Waals surface area contributed by atoms with Crippen LogP contribution in [0.4, 0.5) is 23.4 Å². The number of hydrazine groups is 1. The van der Waals surface area contributed by atoms with Gasteiger partial charge in [0.15, 0.2) is 5.01 Å². The minimum absolute atomic E-state index is 0.0246. The van der Waals surface area contributed by atoms with Crippen LogP contribution in [0.25, 0.3) is 33.1 Å². The third kappa shape index (κ3) is 4.81. The highest BCUT2D eigenvalue weighted by molar-refractivity contribution is 7.10. The van der Waals surface area contributed by atoms with Crippen LogP contribution >= 0.6 is 11.3 Å². The number of halogens is 4. The number of hydrogen-bond donors (Lipinski definition) is 1. The number of rotatable bonds is 4. The Labute approximate surface area is 228 Å². The minimum Gasteiger partial charge on any atom is -0.383 e. The van der Waals surface area contributed by atoms with E-state index in [1.54, 1.807) is 30.1 Å². The van der Waals surface area contributed by atoms with Crippen LogP contribution in [0, 0.1) is 5.82 Å².